The number of hydrogen-bond acceptors (Lipinski definition) is 2. The summed E-state index contributed by atoms with van der Waals surface area (Å²) < 4.78 is 4.72. The van der Waals surface area contributed by atoms with Crippen LogP contribution in [0.1, 0.15) is 26.5 Å². The average Bonchev–Trinajstić information content (AvgIpc) is 2.11. The normalized spacial score (nSPS) is 11.9. The Labute approximate surface area is 62.0 Å². The molecule has 0 bridgehead atoms. The predicted molar refractivity (Wildman–Crippen MR) is 40.6 cm³/mol. The standard InChI is InChI=1S/C7H10BNO/c1-7(2,3)5-4-6(8)10-9-5/h4H,1-3H3. The summed E-state index contributed by atoms with van der Waals surface area (Å²) in [6.45, 7) is 6.18. The van der Waals surface area contributed by atoms with Crippen LogP contribution in [0.5, 0.6) is 0 Å². The van der Waals surface area contributed by atoms with Gasteiger partial charge in [0.2, 0.25) is 0 Å². The van der Waals surface area contributed by atoms with Crippen molar-refractivity contribution in [3.8, 4) is 0 Å². The van der Waals surface area contributed by atoms with Gasteiger partial charge in [-0.3, -0.25) is 0 Å². The number of aromatic nitrogens is 1. The Bertz CT molecular complexity index is 224. The lowest BCUT2D eigenvalue weighted by Gasteiger charge is -2.12. The fourth-order valence-electron chi connectivity index (χ4n) is 0.643. The molecule has 10 heavy (non-hydrogen) atoms. The molecule has 2 nitrogen and oxygen atoms in total. The van der Waals surface area contributed by atoms with Gasteiger partial charge in [0.05, 0.1) is 11.4 Å². The van der Waals surface area contributed by atoms with Crippen molar-refractivity contribution in [1.82, 2.24) is 5.16 Å². The molecule has 1 heterocycles. The lowest BCUT2D eigenvalue weighted by atomic mass is 9.91. The summed E-state index contributed by atoms with van der Waals surface area (Å²) in [7, 11) is 5.35. The van der Waals surface area contributed by atoms with E-state index in [1.54, 1.807) is 6.07 Å². The lowest BCUT2D eigenvalue weighted by Crippen LogP contribution is -2.11. The van der Waals surface area contributed by atoms with Gasteiger partial charge in [0, 0.05) is 5.41 Å². The molecule has 0 saturated carbocycles. The smallest absolute Gasteiger partial charge is 0.171 e. The van der Waals surface area contributed by atoms with Crippen molar-refractivity contribution >= 4 is 13.5 Å². The second-order valence-corrected chi connectivity index (χ2v) is 3.36. The largest absolute Gasteiger partial charge is 0.373 e. The summed E-state index contributed by atoms with van der Waals surface area (Å²) in [5.74, 6) is 0. The van der Waals surface area contributed by atoms with Gasteiger partial charge in [0.25, 0.3) is 0 Å². The molecule has 0 N–H and O–H groups in total. The minimum atomic E-state index is 0.0289. The fraction of sp³-hybridized carbons (Fsp3) is 0.571. The highest BCUT2D eigenvalue weighted by atomic mass is 16.5. The molecule has 1 rings (SSSR count). The van der Waals surface area contributed by atoms with E-state index in [1.807, 2.05) is 0 Å². The topological polar surface area (TPSA) is 26.0 Å². The third kappa shape index (κ3) is 1.41. The maximum absolute atomic E-state index is 5.35. The number of hydrogen-bond donors (Lipinski definition) is 0. The third-order valence-electron chi connectivity index (χ3n) is 1.30. The van der Waals surface area contributed by atoms with Crippen molar-refractivity contribution in [2.75, 3.05) is 0 Å². The Balaban J connectivity index is 2.96. The molecule has 0 aliphatic carbocycles. The Morgan fingerprint density at radius 1 is 1.50 bits per heavy atom. The van der Waals surface area contributed by atoms with Gasteiger partial charge in [-0.2, -0.15) is 0 Å². The van der Waals surface area contributed by atoms with Crippen LogP contribution >= 0.6 is 0 Å². The van der Waals surface area contributed by atoms with E-state index in [4.69, 9.17) is 12.4 Å². The van der Waals surface area contributed by atoms with Gasteiger partial charge in [-0.15, -0.1) is 0 Å². The van der Waals surface area contributed by atoms with Gasteiger partial charge < -0.3 is 4.52 Å². The zero-order chi connectivity index (χ0) is 7.78. The van der Waals surface area contributed by atoms with E-state index in [0.717, 1.165) is 5.69 Å². The molecule has 2 radical (unpaired) electrons. The molecule has 52 valence electrons. The molecule has 0 aromatic carbocycles. The molecular weight excluding hydrogens is 125 g/mol. The van der Waals surface area contributed by atoms with Crippen LogP contribution in [0.15, 0.2) is 10.6 Å². The Hall–Kier alpha value is -0.725. The minimum absolute atomic E-state index is 0.0289. The second kappa shape index (κ2) is 2.15. The Morgan fingerprint density at radius 2 is 2.10 bits per heavy atom. The van der Waals surface area contributed by atoms with Crippen LogP contribution in [0.4, 0.5) is 0 Å². The van der Waals surface area contributed by atoms with Gasteiger partial charge in [-0.1, -0.05) is 25.9 Å². The minimum Gasteiger partial charge on any atom is -0.373 e. The van der Waals surface area contributed by atoms with Crippen molar-refractivity contribution in [3.05, 3.63) is 11.8 Å². The first-order chi connectivity index (χ1) is 4.50. The van der Waals surface area contributed by atoms with E-state index in [2.05, 4.69) is 25.9 Å². The zero-order valence-corrected chi connectivity index (χ0v) is 6.51. The monoisotopic (exact) mass is 135 g/mol. The summed E-state index contributed by atoms with van der Waals surface area (Å²) in [6, 6.07) is 1.75. The molecule has 0 spiro atoms. The van der Waals surface area contributed by atoms with E-state index >= 15 is 0 Å². The van der Waals surface area contributed by atoms with Crippen LogP contribution in [-0.2, 0) is 5.41 Å². The van der Waals surface area contributed by atoms with Crippen LogP contribution in [0.2, 0.25) is 0 Å². The molecule has 0 atom stereocenters. The molecular formula is C7H10BNO. The third-order valence-corrected chi connectivity index (χ3v) is 1.30. The zero-order valence-electron chi connectivity index (χ0n) is 6.51. The van der Waals surface area contributed by atoms with Gasteiger partial charge in [-0.05, 0) is 6.07 Å². The van der Waals surface area contributed by atoms with E-state index < -0.39 is 0 Å². The second-order valence-electron chi connectivity index (χ2n) is 3.36. The predicted octanol–water partition coefficient (Wildman–Crippen LogP) is 0.766. The Morgan fingerprint density at radius 3 is 2.30 bits per heavy atom. The molecule has 0 fully saturated rings. The van der Waals surface area contributed by atoms with Crippen LogP contribution < -0.4 is 5.66 Å². The molecule has 0 unspecified atom stereocenters. The highest BCUT2D eigenvalue weighted by Crippen LogP contribution is 2.18. The first-order valence-corrected chi connectivity index (χ1v) is 3.23. The molecule has 0 aliphatic heterocycles. The Kier molecular flexibility index (Phi) is 1.59. The summed E-state index contributed by atoms with van der Waals surface area (Å²) in [6.07, 6.45) is 0. The average molecular weight is 135 g/mol. The maximum atomic E-state index is 5.35. The highest BCUT2D eigenvalue weighted by molar-refractivity contribution is 6.29. The highest BCUT2D eigenvalue weighted by Gasteiger charge is 2.17. The first-order valence-electron chi connectivity index (χ1n) is 3.23. The number of nitrogens with zero attached hydrogens (tertiary/aromatic N) is 1. The van der Waals surface area contributed by atoms with Crippen molar-refractivity contribution in [2.24, 2.45) is 0 Å². The number of rotatable bonds is 0. The van der Waals surface area contributed by atoms with E-state index in [1.165, 1.54) is 0 Å². The van der Waals surface area contributed by atoms with Crippen LogP contribution in [-0.4, -0.2) is 13.0 Å². The van der Waals surface area contributed by atoms with E-state index in [0.29, 0.717) is 5.66 Å². The van der Waals surface area contributed by atoms with Crippen molar-refractivity contribution in [3.63, 3.8) is 0 Å². The summed E-state index contributed by atoms with van der Waals surface area (Å²) in [5, 5.41) is 3.79. The lowest BCUT2D eigenvalue weighted by molar-refractivity contribution is 0.412. The summed E-state index contributed by atoms with van der Waals surface area (Å²) in [4.78, 5) is 0. The van der Waals surface area contributed by atoms with Gasteiger partial charge >= 0.3 is 0 Å². The van der Waals surface area contributed by atoms with Crippen LogP contribution in [0.25, 0.3) is 0 Å². The fourth-order valence-corrected chi connectivity index (χ4v) is 0.643. The maximum Gasteiger partial charge on any atom is 0.171 e. The molecule has 1 aromatic rings. The van der Waals surface area contributed by atoms with Crippen molar-refractivity contribution in [2.45, 2.75) is 26.2 Å². The van der Waals surface area contributed by atoms with E-state index in [9.17, 15) is 0 Å². The molecule has 1 aromatic heterocycles. The SMILES string of the molecule is [B]c1cc(C(C)(C)C)no1. The molecule has 0 amide bonds. The van der Waals surface area contributed by atoms with Gasteiger partial charge in [0.1, 0.15) is 0 Å². The molecule has 3 heteroatoms. The van der Waals surface area contributed by atoms with Gasteiger partial charge in [0.15, 0.2) is 7.85 Å². The first kappa shape index (κ1) is 7.38. The van der Waals surface area contributed by atoms with Gasteiger partial charge in [-0.25, -0.2) is 0 Å². The van der Waals surface area contributed by atoms with Crippen molar-refractivity contribution in [1.29, 1.82) is 0 Å². The van der Waals surface area contributed by atoms with Crippen molar-refractivity contribution < 1.29 is 4.52 Å². The van der Waals surface area contributed by atoms with Crippen LogP contribution in [0.3, 0.4) is 0 Å². The molecule has 0 saturated heterocycles. The quantitative estimate of drug-likeness (QED) is 0.491. The summed E-state index contributed by atoms with van der Waals surface area (Å²) >= 11 is 0. The van der Waals surface area contributed by atoms with Crippen LogP contribution in [0, 0.1) is 0 Å². The molecule has 0 aliphatic rings. The van der Waals surface area contributed by atoms with E-state index in [-0.39, 0.29) is 5.41 Å². The summed E-state index contributed by atoms with van der Waals surface area (Å²) in [5.41, 5.74) is 1.30.